The van der Waals surface area contributed by atoms with Crippen molar-refractivity contribution < 1.29 is 14.1 Å². The second-order valence-electron chi connectivity index (χ2n) is 5.95. The molecule has 1 aliphatic heterocycles. The third-order valence-corrected chi connectivity index (χ3v) is 4.85. The molecule has 2 aromatic rings. The van der Waals surface area contributed by atoms with E-state index in [2.05, 4.69) is 21.2 Å². The van der Waals surface area contributed by atoms with Crippen molar-refractivity contribution in [2.24, 2.45) is 5.92 Å². The topological polar surface area (TPSA) is 88.6 Å². The number of nitro benzene ring substituents is 1. The second kappa shape index (κ2) is 7.69. The van der Waals surface area contributed by atoms with Crippen molar-refractivity contribution in [2.75, 3.05) is 18.0 Å². The number of rotatable bonds is 5. The molecule has 0 atom stereocenters. The molecule has 0 spiro atoms. The molecule has 0 saturated carbocycles. The highest BCUT2D eigenvalue weighted by molar-refractivity contribution is 9.10. The van der Waals surface area contributed by atoms with Crippen LogP contribution in [0.15, 0.2) is 45.5 Å². The Morgan fingerprint density at radius 1 is 1.36 bits per heavy atom. The number of carbonyl (C=O) groups excluding carboxylic acids is 1. The highest BCUT2D eigenvalue weighted by Gasteiger charge is 2.28. The minimum Gasteiger partial charge on any atom is -0.467 e. The zero-order valence-corrected chi connectivity index (χ0v) is 15.1. The lowest BCUT2D eigenvalue weighted by molar-refractivity contribution is -0.384. The first-order valence-electron chi connectivity index (χ1n) is 8.03. The molecule has 7 nitrogen and oxygen atoms in total. The van der Waals surface area contributed by atoms with Crippen LogP contribution in [0.25, 0.3) is 0 Å². The molecular weight excluding hydrogens is 390 g/mol. The number of nitro groups is 1. The normalized spacial score (nSPS) is 15.2. The molecule has 0 bridgehead atoms. The first-order valence-corrected chi connectivity index (χ1v) is 8.83. The summed E-state index contributed by atoms with van der Waals surface area (Å²) in [4.78, 5) is 25.1. The highest BCUT2D eigenvalue weighted by Crippen LogP contribution is 2.33. The van der Waals surface area contributed by atoms with Crippen LogP contribution in [0, 0.1) is 16.0 Å². The maximum Gasteiger partial charge on any atom is 0.293 e. The lowest BCUT2D eigenvalue weighted by Gasteiger charge is -2.32. The van der Waals surface area contributed by atoms with Gasteiger partial charge in [-0.25, -0.2) is 0 Å². The maximum atomic E-state index is 12.3. The molecule has 0 unspecified atom stereocenters. The van der Waals surface area contributed by atoms with Gasteiger partial charge in [-0.1, -0.05) is 15.9 Å². The SMILES string of the molecule is O=C(NCc1ccco1)C1CCN(c2ccc(Br)cc2[N+](=O)[O-])CC1. The third-order valence-electron chi connectivity index (χ3n) is 4.36. The summed E-state index contributed by atoms with van der Waals surface area (Å²) in [7, 11) is 0. The predicted molar refractivity (Wildman–Crippen MR) is 96.3 cm³/mol. The summed E-state index contributed by atoms with van der Waals surface area (Å²) in [6, 6.07) is 8.65. The summed E-state index contributed by atoms with van der Waals surface area (Å²) in [5, 5.41) is 14.2. The van der Waals surface area contributed by atoms with E-state index < -0.39 is 0 Å². The Labute approximate surface area is 153 Å². The van der Waals surface area contributed by atoms with Crippen LogP contribution in [0.5, 0.6) is 0 Å². The van der Waals surface area contributed by atoms with Crippen LogP contribution in [-0.2, 0) is 11.3 Å². The fraction of sp³-hybridized carbons (Fsp3) is 0.353. The molecule has 1 amide bonds. The fourth-order valence-corrected chi connectivity index (χ4v) is 3.37. The lowest BCUT2D eigenvalue weighted by atomic mass is 9.95. The Morgan fingerprint density at radius 3 is 2.76 bits per heavy atom. The predicted octanol–water partition coefficient (Wildman–Crippen LogP) is 3.48. The lowest BCUT2D eigenvalue weighted by Crippen LogP contribution is -2.40. The van der Waals surface area contributed by atoms with Crippen molar-refractivity contribution in [3.05, 3.63) is 56.9 Å². The van der Waals surface area contributed by atoms with Gasteiger partial charge in [-0.3, -0.25) is 14.9 Å². The van der Waals surface area contributed by atoms with Gasteiger partial charge in [0.2, 0.25) is 5.91 Å². The molecule has 2 heterocycles. The van der Waals surface area contributed by atoms with Gasteiger partial charge in [0.15, 0.2) is 0 Å². The zero-order valence-electron chi connectivity index (χ0n) is 13.5. The molecule has 1 aromatic carbocycles. The van der Waals surface area contributed by atoms with Crippen molar-refractivity contribution >= 4 is 33.2 Å². The summed E-state index contributed by atoms with van der Waals surface area (Å²) >= 11 is 3.27. The number of hydrogen-bond donors (Lipinski definition) is 1. The molecule has 0 radical (unpaired) electrons. The molecule has 1 aromatic heterocycles. The number of anilines is 1. The summed E-state index contributed by atoms with van der Waals surface area (Å²) < 4.78 is 5.88. The number of furan rings is 1. The molecule has 132 valence electrons. The number of piperidine rings is 1. The Balaban J connectivity index is 1.58. The Bertz CT molecular complexity index is 755. The largest absolute Gasteiger partial charge is 0.467 e. The van der Waals surface area contributed by atoms with Gasteiger partial charge < -0.3 is 14.6 Å². The Morgan fingerprint density at radius 2 is 2.12 bits per heavy atom. The van der Waals surface area contributed by atoms with E-state index in [9.17, 15) is 14.9 Å². The second-order valence-corrected chi connectivity index (χ2v) is 6.86. The van der Waals surface area contributed by atoms with Crippen molar-refractivity contribution in [1.29, 1.82) is 0 Å². The monoisotopic (exact) mass is 407 g/mol. The van der Waals surface area contributed by atoms with E-state index in [0.29, 0.717) is 42.6 Å². The molecule has 25 heavy (non-hydrogen) atoms. The number of hydrogen-bond acceptors (Lipinski definition) is 5. The molecule has 1 fully saturated rings. The van der Waals surface area contributed by atoms with Gasteiger partial charge in [0.05, 0.1) is 17.7 Å². The Hall–Kier alpha value is -2.35. The van der Waals surface area contributed by atoms with Crippen molar-refractivity contribution in [3.63, 3.8) is 0 Å². The van der Waals surface area contributed by atoms with Crippen LogP contribution in [-0.4, -0.2) is 23.9 Å². The van der Waals surface area contributed by atoms with Gasteiger partial charge in [-0.15, -0.1) is 0 Å². The third kappa shape index (κ3) is 4.19. The zero-order chi connectivity index (χ0) is 17.8. The van der Waals surface area contributed by atoms with E-state index in [-0.39, 0.29) is 22.4 Å². The van der Waals surface area contributed by atoms with E-state index in [1.807, 2.05) is 11.0 Å². The molecule has 1 aliphatic rings. The summed E-state index contributed by atoms with van der Waals surface area (Å²) in [6.45, 7) is 1.60. The van der Waals surface area contributed by atoms with Crippen LogP contribution >= 0.6 is 15.9 Å². The average Bonchev–Trinajstić information content (AvgIpc) is 3.13. The minimum atomic E-state index is -0.373. The van der Waals surface area contributed by atoms with E-state index in [4.69, 9.17) is 4.42 Å². The fourth-order valence-electron chi connectivity index (χ4n) is 3.02. The molecule has 0 aliphatic carbocycles. The first kappa shape index (κ1) is 17.5. The standard InChI is InChI=1S/C17H18BrN3O4/c18-13-3-4-15(16(10-13)21(23)24)20-7-5-12(6-8-20)17(22)19-11-14-2-1-9-25-14/h1-4,9-10,12H,5-8,11H2,(H,19,22). The van der Waals surface area contributed by atoms with Crippen LogP contribution in [0.3, 0.4) is 0 Å². The van der Waals surface area contributed by atoms with Crippen LogP contribution in [0.4, 0.5) is 11.4 Å². The number of carbonyl (C=O) groups is 1. The number of halogens is 1. The molecular formula is C17H18BrN3O4. The number of amides is 1. The molecule has 3 rings (SSSR count). The van der Waals surface area contributed by atoms with Crippen LogP contribution in [0.2, 0.25) is 0 Å². The minimum absolute atomic E-state index is 0.00126. The highest BCUT2D eigenvalue weighted by atomic mass is 79.9. The van der Waals surface area contributed by atoms with E-state index in [0.717, 1.165) is 5.76 Å². The summed E-state index contributed by atoms with van der Waals surface area (Å²) in [6.07, 6.45) is 2.90. The van der Waals surface area contributed by atoms with Gasteiger partial charge in [-0.2, -0.15) is 0 Å². The number of nitrogens with zero attached hydrogens (tertiary/aromatic N) is 2. The van der Waals surface area contributed by atoms with Crippen LogP contribution in [0.1, 0.15) is 18.6 Å². The molecule has 8 heteroatoms. The van der Waals surface area contributed by atoms with Crippen molar-refractivity contribution in [3.8, 4) is 0 Å². The van der Waals surface area contributed by atoms with Crippen molar-refractivity contribution in [1.82, 2.24) is 5.32 Å². The van der Waals surface area contributed by atoms with E-state index >= 15 is 0 Å². The number of benzene rings is 1. The quantitative estimate of drug-likeness (QED) is 0.605. The smallest absolute Gasteiger partial charge is 0.293 e. The average molecular weight is 408 g/mol. The Kier molecular flexibility index (Phi) is 5.37. The molecule has 1 saturated heterocycles. The summed E-state index contributed by atoms with van der Waals surface area (Å²) in [5.74, 6) is 0.637. The van der Waals surface area contributed by atoms with Gasteiger partial charge in [0.25, 0.3) is 5.69 Å². The summed E-state index contributed by atoms with van der Waals surface area (Å²) in [5.41, 5.74) is 0.678. The van der Waals surface area contributed by atoms with Gasteiger partial charge in [0, 0.05) is 29.5 Å². The van der Waals surface area contributed by atoms with Gasteiger partial charge in [0.1, 0.15) is 11.4 Å². The van der Waals surface area contributed by atoms with E-state index in [1.54, 1.807) is 24.5 Å². The van der Waals surface area contributed by atoms with Gasteiger partial charge in [-0.05, 0) is 37.1 Å². The first-order chi connectivity index (χ1) is 12.0. The maximum absolute atomic E-state index is 12.3. The molecule has 1 N–H and O–H groups in total. The van der Waals surface area contributed by atoms with Gasteiger partial charge >= 0.3 is 0 Å². The number of nitrogens with one attached hydrogen (secondary N) is 1. The van der Waals surface area contributed by atoms with E-state index in [1.165, 1.54) is 6.07 Å². The van der Waals surface area contributed by atoms with Crippen molar-refractivity contribution in [2.45, 2.75) is 19.4 Å². The van der Waals surface area contributed by atoms with Crippen LogP contribution < -0.4 is 10.2 Å².